The summed E-state index contributed by atoms with van der Waals surface area (Å²) >= 11 is 0. The summed E-state index contributed by atoms with van der Waals surface area (Å²) in [6.45, 7) is 7.02. The van der Waals surface area contributed by atoms with Crippen LogP contribution in [0.4, 0.5) is 5.69 Å². The number of carbonyl (C=O) groups excluding carboxylic acids is 1. The molecule has 1 amide bonds. The summed E-state index contributed by atoms with van der Waals surface area (Å²) in [5, 5.41) is 14.6. The predicted molar refractivity (Wildman–Crippen MR) is 101 cm³/mol. The Morgan fingerprint density at radius 3 is 2.30 bits per heavy atom. The average Bonchev–Trinajstić information content (AvgIpc) is 3.15. The molecule has 1 aromatic carbocycles. The fraction of sp³-hybridized carbons (Fsp3) is 0.579. The topological polar surface area (TPSA) is 131 Å². The van der Waals surface area contributed by atoms with Crippen molar-refractivity contribution in [3.8, 4) is 0 Å². The molecule has 162 valence electrons. The number of ether oxygens (including phenoxy) is 5. The largest absolute Gasteiger partial charge is 0.342 e. The van der Waals surface area contributed by atoms with Gasteiger partial charge in [0.05, 0.1) is 11.1 Å². The lowest BCUT2D eigenvalue weighted by Gasteiger charge is -2.36. The SMILES string of the molecule is CC1(C)OC2OC(C(=O)NN=Cc3ccc([N+](=O)[O-])cc3)C3OC(C)(C)OC3C2O1. The molecule has 11 heteroatoms. The minimum absolute atomic E-state index is 0.0323. The van der Waals surface area contributed by atoms with Gasteiger partial charge in [0.2, 0.25) is 0 Å². The van der Waals surface area contributed by atoms with Crippen LogP contribution in [0.2, 0.25) is 0 Å². The summed E-state index contributed by atoms with van der Waals surface area (Å²) in [5.74, 6) is -2.32. The van der Waals surface area contributed by atoms with Crippen LogP contribution in [-0.2, 0) is 28.5 Å². The van der Waals surface area contributed by atoms with E-state index >= 15 is 0 Å². The van der Waals surface area contributed by atoms with E-state index in [0.717, 1.165) is 0 Å². The van der Waals surface area contributed by atoms with E-state index in [1.165, 1.54) is 30.5 Å². The van der Waals surface area contributed by atoms with E-state index < -0.39 is 53.1 Å². The highest BCUT2D eigenvalue weighted by molar-refractivity contribution is 5.85. The van der Waals surface area contributed by atoms with Crippen molar-refractivity contribution >= 4 is 17.8 Å². The van der Waals surface area contributed by atoms with Crippen LogP contribution in [0.1, 0.15) is 33.3 Å². The Balaban J connectivity index is 1.45. The quantitative estimate of drug-likeness (QED) is 0.439. The molecule has 3 fully saturated rings. The predicted octanol–water partition coefficient (Wildman–Crippen LogP) is 1.44. The Morgan fingerprint density at radius 1 is 1.03 bits per heavy atom. The third kappa shape index (κ3) is 4.07. The lowest BCUT2D eigenvalue weighted by Crippen LogP contribution is -2.59. The van der Waals surface area contributed by atoms with E-state index in [4.69, 9.17) is 23.7 Å². The van der Waals surface area contributed by atoms with Gasteiger partial charge >= 0.3 is 0 Å². The maximum atomic E-state index is 12.8. The van der Waals surface area contributed by atoms with E-state index in [0.29, 0.717) is 5.56 Å². The first-order valence-corrected chi connectivity index (χ1v) is 9.49. The van der Waals surface area contributed by atoms with Crippen molar-refractivity contribution in [2.45, 2.75) is 70.0 Å². The monoisotopic (exact) mass is 421 g/mol. The molecule has 3 aliphatic heterocycles. The lowest BCUT2D eigenvalue weighted by atomic mass is 9.98. The van der Waals surface area contributed by atoms with Gasteiger partial charge in [0.15, 0.2) is 24.0 Å². The molecule has 1 N–H and O–H groups in total. The third-order valence-corrected chi connectivity index (χ3v) is 4.91. The lowest BCUT2D eigenvalue weighted by molar-refractivity contribution is -0.384. The first-order chi connectivity index (χ1) is 14.0. The number of nitro groups is 1. The number of carbonyl (C=O) groups is 1. The van der Waals surface area contributed by atoms with Gasteiger partial charge in [-0.25, -0.2) is 5.43 Å². The number of non-ortho nitro benzene ring substituents is 1. The maximum Gasteiger partial charge on any atom is 0.272 e. The number of fused-ring (bicyclic) bond motifs is 3. The molecule has 30 heavy (non-hydrogen) atoms. The van der Waals surface area contributed by atoms with Crippen molar-refractivity contribution in [1.29, 1.82) is 0 Å². The second-order valence-corrected chi connectivity index (χ2v) is 8.17. The number of nitrogens with one attached hydrogen (secondary N) is 1. The summed E-state index contributed by atoms with van der Waals surface area (Å²) in [6.07, 6.45) is -2.21. The second kappa shape index (κ2) is 7.36. The highest BCUT2D eigenvalue weighted by atomic mass is 16.9. The Hall–Kier alpha value is -2.44. The molecular formula is C19H23N3O8. The number of hydrazone groups is 1. The van der Waals surface area contributed by atoms with Crippen molar-refractivity contribution in [1.82, 2.24) is 5.43 Å². The maximum absolute atomic E-state index is 12.8. The highest BCUT2D eigenvalue weighted by Crippen LogP contribution is 2.44. The van der Waals surface area contributed by atoms with Gasteiger partial charge in [-0.05, 0) is 45.4 Å². The van der Waals surface area contributed by atoms with E-state index in [-0.39, 0.29) is 5.69 Å². The molecule has 0 radical (unpaired) electrons. The molecule has 4 rings (SSSR count). The minimum atomic E-state index is -1.02. The van der Waals surface area contributed by atoms with E-state index in [1.54, 1.807) is 27.7 Å². The normalized spacial score (nSPS) is 33.8. The first kappa shape index (κ1) is 20.8. The van der Waals surface area contributed by atoms with Crippen LogP contribution in [0.5, 0.6) is 0 Å². The Morgan fingerprint density at radius 2 is 1.63 bits per heavy atom. The van der Waals surface area contributed by atoms with Gasteiger partial charge in [0.25, 0.3) is 11.6 Å². The molecule has 3 aliphatic rings. The molecule has 0 aromatic heterocycles. The third-order valence-electron chi connectivity index (χ3n) is 4.91. The van der Waals surface area contributed by atoms with Crippen LogP contribution in [0.15, 0.2) is 29.4 Å². The highest BCUT2D eigenvalue weighted by Gasteiger charge is 2.62. The zero-order valence-electron chi connectivity index (χ0n) is 16.9. The molecule has 0 saturated carbocycles. The van der Waals surface area contributed by atoms with Crippen LogP contribution < -0.4 is 5.43 Å². The first-order valence-electron chi connectivity index (χ1n) is 9.49. The molecule has 3 heterocycles. The fourth-order valence-electron chi connectivity index (χ4n) is 3.74. The average molecular weight is 421 g/mol. The number of hydrogen-bond donors (Lipinski definition) is 1. The summed E-state index contributed by atoms with van der Waals surface area (Å²) < 4.78 is 29.4. The Kier molecular flexibility index (Phi) is 5.11. The van der Waals surface area contributed by atoms with Gasteiger partial charge in [0.1, 0.15) is 18.3 Å². The molecule has 5 unspecified atom stereocenters. The van der Waals surface area contributed by atoms with Crippen molar-refractivity contribution in [3.05, 3.63) is 39.9 Å². The van der Waals surface area contributed by atoms with Crippen LogP contribution in [0, 0.1) is 10.1 Å². The van der Waals surface area contributed by atoms with E-state index in [1.807, 2.05) is 0 Å². The van der Waals surface area contributed by atoms with Crippen molar-refractivity contribution < 1.29 is 33.4 Å². The Labute approximate surface area is 172 Å². The summed E-state index contributed by atoms with van der Waals surface area (Å²) in [5.41, 5.74) is 2.97. The van der Waals surface area contributed by atoms with Gasteiger partial charge in [-0.15, -0.1) is 0 Å². The zero-order chi connectivity index (χ0) is 21.7. The van der Waals surface area contributed by atoms with E-state index in [2.05, 4.69) is 10.5 Å². The number of benzene rings is 1. The molecule has 3 saturated heterocycles. The van der Waals surface area contributed by atoms with E-state index in [9.17, 15) is 14.9 Å². The zero-order valence-corrected chi connectivity index (χ0v) is 16.9. The molecule has 5 atom stereocenters. The number of nitro benzene ring substituents is 1. The van der Waals surface area contributed by atoms with Gasteiger partial charge in [-0.3, -0.25) is 14.9 Å². The summed E-state index contributed by atoms with van der Waals surface area (Å²) in [6, 6.07) is 5.74. The van der Waals surface area contributed by atoms with Crippen molar-refractivity contribution in [2.75, 3.05) is 0 Å². The summed E-state index contributed by atoms with van der Waals surface area (Å²) in [7, 11) is 0. The number of rotatable bonds is 4. The van der Waals surface area contributed by atoms with Crippen molar-refractivity contribution in [3.63, 3.8) is 0 Å². The molecule has 0 aliphatic carbocycles. The molecule has 0 spiro atoms. The standard InChI is InChI=1S/C19H23N3O8/c1-18(2)27-12-13(28-18)15-17(30-19(3,4)29-15)26-14(12)16(23)21-20-9-10-5-7-11(8-6-10)22(24)25/h5-9,12-15,17H,1-4H3,(H,21,23). The van der Waals surface area contributed by atoms with Gasteiger partial charge in [-0.1, -0.05) is 0 Å². The van der Waals surface area contributed by atoms with Crippen LogP contribution in [-0.4, -0.2) is 59.3 Å². The number of hydrogen-bond acceptors (Lipinski definition) is 9. The Bertz CT molecular complexity index is 869. The van der Waals surface area contributed by atoms with Gasteiger partial charge in [-0.2, -0.15) is 5.10 Å². The van der Waals surface area contributed by atoms with Crippen LogP contribution in [0.25, 0.3) is 0 Å². The summed E-state index contributed by atoms with van der Waals surface area (Å²) in [4.78, 5) is 23.0. The molecular weight excluding hydrogens is 398 g/mol. The fourth-order valence-corrected chi connectivity index (χ4v) is 3.74. The number of amides is 1. The van der Waals surface area contributed by atoms with Crippen molar-refractivity contribution in [2.24, 2.45) is 5.10 Å². The molecule has 11 nitrogen and oxygen atoms in total. The molecule has 0 bridgehead atoms. The minimum Gasteiger partial charge on any atom is -0.342 e. The smallest absolute Gasteiger partial charge is 0.272 e. The molecule has 1 aromatic rings. The number of nitrogens with zero attached hydrogens (tertiary/aromatic N) is 2. The van der Waals surface area contributed by atoms with Crippen LogP contribution in [0.3, 0.4) is 0 Å². The van der Waals surface area contributed by atoms with Gasteiger partial charge < -0.3 is 23.7 Å². The van der Waals surface area contributed by atoms with Gasteiger partial charge in [0, 0.05) is 12.1 Å². The van der Waals surface area contributed by atoms with Crippen LogP contribution >= 0.6 is 0 Å². The second-order valence-electron chi connectivity index (χ2n) is 8.17.